The quantitative estimate of drug-likeness (QED) is 0.453. The van der Waals surface area contributed by atoms with Crippen LogP contribution in [-0.4, -0.2) is 10.9 Å². The first-order valence-corrected chi connectivity index (χ1v) is 4.25. The number of rotatable bonds is 2. The van der Waals surface area contributed by atoms with Crippen LogP contribution in [0.5, 0.6) is 0 Å². The summed E-state index contributed by atoms with van der Waals surface area (Å²) in [6, 6.07) is 3.62. The minimum atomic E-state index is -1.42. The van der Waals surface area contributed by atoms with Gasteiger partial charge in [-0.05, 0) is 28.7 Å². The number of carbonyl (C=O) groups is 1. The standard InChI is InChI=1S/C7H4INO4/c8-5-2-1-4(7(10)11)3-6(5)9(12)13/h1-3H,(H,10,11)/p-1. The molecule has 0 amide bonds. The monoisotopic (exact) mass is 292 g/mol. The molecule has 0 spiro atoms. The Hall–Kier alpha value is -1.18. The first kappa shape index (κ1) is 9.90. The number of carboxylic acids is 1. The largest absolute Gasteiger partial charge is 0.545 e. The number of aromatic carboxylic acids is 1. The van der Waals surface area contributed by atoms with Crippen LogP contribution in [0.2, 0.25) is 0 Å². The van der Waals surface area contributed by atoms with Gasteiger partial charge < -0.3 is 9.90 Å². The van der Waals surface area contributed by atoms with Gasteiger partial charge in [0.1, 0.15) is 0 Å². The summed E-state index contributed by atoms with van der Waals surface area (Å²) < 4.78 is 0.396. The highest BCUT2D eigenvalue weighted by molar-refractivity contribution is 14.1. The molecule has 6 heteroatoms. The molecule has 0 aliphatic rings. The Kier molecular flexibility index (Phi) is 2.81. The third-order valence-corrected chi connectivity index (χ3v) is 2.29. The molecule has 68 valence electrons. The smallest absolute Gasteiger partial charge is 0.283 e. The summed E-state index contributed by atoms with van der Waals surface area (Å²) in [7, 11) is 0. The molecular formula is C7H3INO4-. The molecule has 0 saturated carbocycles. The van der Waals surface area contributed by atoms with Gasteiger partial charge in [-0.2, -0.15) is 0 Å². The van der Waals surface area contributed by atoms with E-state index in [9.17, 15) is 20.0 Å². The number of nitro benzene ring substituents is 1. The van der Waals surface area contributed by atoms with Gasteiger partial charge >= 0.3 is 0 Å². The Morgan fingerprint density at radius 3 is 2.54 bits per heavy atom. The zero-order chi connectivity index (χ0) is 10.0. The normalized spacial score (nSPS) is 9.62. The Bertz CT molecular complexity index is 377. The lowest BCUT2D eigenvalue weighted by Crippen LogP contribution is -2.22. The lowest BCUT2D eigenvalue weighted by Gasteiger charge is -2.02. The summed E-state index contributed by atoms with van der Waals surface area (Å²) in [5, 5.41) is 20.7. The molecule has 0 N–H and O–H groups in total. The van der Waals surface area contributed by atoms with Gasteiger partial charge in [0.15, 0.2) is 0 Å². The summed E-state index contributed by atoms with van der Waals surface area (Å²) in [6.07, 6.45) is 0. The number of carbonyl (C=O) groups excluding carboxylic acids is 1. The molecule has 0 atom stereocenters. The van der Waals surface area contributed by atoms with Crippen LogP contribution < -0.4 is 5.11 Å². The van der Waals surface area contributed by atoms with Crippen LogP contribution in [0.4, 0.5) is 5.69 Å². The van der Waals surface area contributed by atoms with Crippen molar-refractivity contribution in [1.29, 1.82) is 0 Å². The van der Waals surface area contributed by atoms with Gasteiger partial charge in [0, 0.05) is 11.6 Å². The summed E-state index contributed by atoms with van der Waals surface area (Å²) in [5.74, 6) is -1.42. The van der Waals surface area contributed by atoms with Crippen molar-refractivity contribution in [3.63, 3.8) is 0 Å². The molecule has 5 nitrogen and oxygen atoms in total. The second-order valence-electron chi connectivity index (χ2n) is 2.21. The first-order chi connectivity index (χ1) is 6.02. The van der Waals surface area contributed by atoms with Gasteiger partial charge in [-0.15, -0.1) is 0 Å². The number of hydrogen-bond donors (Lipinski definition) is 0. The van der Waals surface area contributed by atoms with Crippen molar-refractivity contribution in [3.8, 4) is 0 Å². The van der Waals surface area contributed by atoms with E-state index in [1.54, 1.807) is 22.6 Å². The fourth-order valence-electron chi connectivity index (χ4n) is 0.780. The van der Waals surface area contributed by atoms with Crippen molar-refractivity contribution in [2.24, 2.45) is 0 Å². The second-order valence-corrected chi connectivity index (χ2v) is 3.37. The fraction of sp³-hybridized carbons (Fsp3) is 0. The number of hydrogen-bond acceptors (Lipinski definition) is 4. The molecule has 13 heavy (non-hydrogen) atoms. The highest BCUT2D eigenvalue weighted by Gasteiger charge is 2.11. The summed E-state index contributed by atoms with van der Waals surface area (Å²) >= 11 is 1.76. The molecule has 0 unspecified atom stereocenters. The molecule has 0 fully saturated rings. The molecule has 0 bridgehead atoms. The van der Waals surface area contributed by atoms with Crippen LogP contribution >= 0.6 is 22.6 Å². The minimum Gasteiger partial charge on any atom is -0.545 e. The van der Waals surface area contributed by atoms with E-state index in [0.717, 1.165) is 6.07 Å². The summed E-state index contributed by atoms with van der Waals surface area (Å²) in [5.41, 5.74) is -0.408. The van der Waals surface area contributed by atoms with Gasteiger partial charge in [0.25, 0.3) is 5.69 Å². The maximum Gasteiger partial charge on any atom is 0.283 e. The van der Waals surface area contributed by atoms with Crippen LogP contribution in [0.25, 0.3) is 0 Å². The molecule has 0 radical (unpaired) electrons. The topological polar surface area (TPSA) is 83.3 Å². The van der Waals surface area contributed by atoms with Gasteiger partial charge in [-0.3, -0.25) is 10.1 Å². The van der Waals surface area contributed by atoms with E-state index in [2.05, 4.69) is 0 Å². The third kappa shape index (κ3) is 2.14. The molecule has 0 aliphatic heterocycles. The van der Waals surface area contributed by atoms with Gasteiger partial charge in [-0.25, -0.2) is 0 Å². The van der Waals surface area contributed by atoms with Gasteiger partial charge in [0.05, 0.1) is 14.5 Å². The van der Waals surface area contributed by atoms with Crippen molar-refractivity contribution in [2.45, 2.75) is 0 Å². The third-order valence-electron chi connectivity index (χ3n) is 1.38. The number of halogens is 1. The number of carboxylic acid groups (broad SMARTS) is 1. The predicted octanol–water partition coefficient (Wildman–Crippen LogP) is 0.563. The first-order valence-electron chi connectivity index (χ1n) is 3.17. The molecular weight excluding hydrogens is 289 g/mol. The molecule has 0 heterocycles. The molecule has 0 aliphatic carbocycles. The van der Waals surface area contributed by atoms with Crippen molar-refractivity contribution in [2.75, 3.05) is 0 Å². The Morgan fingerprint density at radius 1 is 1.46 bits per heavy atom. The van der Waals surface area contributed by atoms with E-state index in [1.165, 1.54) is 12.1 Å². The Morgan fingerprint density at radius 2 is 2.08 bits per heavy atom. The molecule has 0 saturated heterocycles. The van der Waals surface area contributed by atoms with E-state index in [4.69, 9.17) is 0 Å². The van der Waals surface area contributed by atoms with Crippen LogP contribution in [0.3, 0.4) is 0 Å². The average molecular weight is 292 g/mol. The highest BCUT2D eigenvalue weighted by Crippen LogP contribution is 2.21. The van der Waals surface area contributed by atoms with Crippen LogP contribution in [0.15, 0.2) is 18.2 Å². The van der Waals surface area contributed by atoms with E-state index in [0.29, 0.717) is 3.57 Å². The predicted molar refractivity (Wildman–Crippen MR) is 50.1 cm³/mol. The molecule has 0 aromatic heterocycles. The maximum absolute atomic E-state index is 10.4. The number of nitrogens with zero attached hydrogens (tertiary/aromatic N) is 1. The lowest BCUT2D eigenvalue weighted by atomic mass is 10.2. The highest BCUT2D eigenvalue weighted by atomic mass is 127. The van der Waals surface area contributed by atoms with E-state index >= 15 is 0 Å². The minimum absolute atomic E-state index is 0.188. The number of nitro groups is 1. The Balaban J connectivity index is 3.27. The van der Waals surface area contributed by atoms with Gasteiger partial charge in [-0.1, -0.05) is 6.07 Å². The van der Waals surface area contributed by atoms with Crippen LogP contribution in [0.1, 0.15) is 10.4 Å². The SMILES string of the molecule is O=C([O-])c1ccc(I)c([N+](=O)[O-])c1. The van der Waals surface area contributed by atoms with Crippen LogP contribution in [-0.2, 0) is 0 Å². The fourth-order valence-corrected chi connectivity index (χ4v) is 1.31. The van der Waals surface area contributed by atoms with Crippen molar-refractivity contribution >= 4 is 34.2 Å². The maximum atomic E-state index is 10.4. The zero-order valence-electron chi connectivity index (χ0n) is 6.19. The van der Waals surface area contributed by atoms with Gasteiger partial charge in [0.2, 0.25) is 0 Å². The summed E-state index contributed by atoms with van der Waals surface area (Å²) in [6.45, 7) is 0. The molecule has 1 aromatic rings. The average Bonchev–Trinajstić information content (AvgIpc) is 2.04. The van der Waals surface area contributed by atoms with Crippen molar-refractivity contribution < 1.29 is 14.8 Å². The van der Waals surface area contributed by atoms with Crippen molar-refractivity contribution in [3.05, 3.63) is 37.4 Å². The summed E-state index contributed by atoms with van der Waals surface area (Å²) in [4.78, 5) is 20.1. The van der Waals surface area contributed by atoms with E-state index in [-0.39, 0.29) is 11.3 Å². The zero-order valence-corrected chi connectivity index (χ0v) is 8.35. The lowest BCUT2D eigenvalue weighted by molar-refractivity contribution is -0.385. The second kappa shape index (κ2) is 3.69. The van der Waals surface area contributed by atoms with Crippen molar-refractivity contribution in [1.82, 2.24) is 0 Å². The molecule has 1 aromatic carbocycles. The molecule has 1 rings (SSSR count). The number of benzene rings is 1. The Labute approximate surface area is 86.7 Å². The van der Waals surface area contributed by atoms with E-state index in [1.807, 2.05) is 0 Å². The van der Waals surface area contributed by atoms with Crippen LogP contribution in [0, 0.1) is 13.7 Å². The van der Waals surface area contributed by atoms with E-state index < -0.39 is 10.9 Å².